The highest BCUT2D eigenvalue weighted by molar-refractivity contribution is 8.77. The summed E-state index contributed by atoms with van der Waals surface area (Å²) in [5.74, 6) is 0. The Hall–Kier alpha value is -2.44. The number of pyridine rings is 3. The molecular weight excluding hydrogens is 583 g/mol. The van der Waals surface area contributed by atoms with E-state index >= 15 is 0 Å². The van der Waals surface area contributed by atoms with E-state index in [1.807, 2.05) is 103 Å². The third kappa shape index (κ3) is 13.0. The highest BCUT2D eigenvalue weighted by atomic mass is 33.1. The fraction of sp³-hybridized carbons (Fsp3) is 0.0690. The van der Waals surface area contributed by atoms with E-state index < -0.39 is 0 Å². The van der Waals surface area contributed by atoms with Gasteiger partial charge < -0.3 is 10.2 Å². The maximum absolute atomic E-state index is 8.91. The smallest absolute Gasteiger partial charge is 0.107 e. The maximum Gasteiger partial charge on any atom is 0.107 e. The lowest BCUT2D eigenvalue weighted by Gasteiger charge is -2.01. The van der Waals surface area contributed by atoms with Gasteiger partial charge in [-0.3, -0.25) is 4.98 Å². The fourth-order valence-corrected chi connectivity index (χ4v) is 6.41. The summed E-state index contributed by atoms with van der Waals surface area (Å²) in [6, 6.07) is 31.0. The summed E-state index contributed by atoms with van der Waals surface area (Å²) in [6.45, 7) is 0.201. The molecule has 5 aromatic rings. The number of rotatable bonds is 8. The molecule has 0 unspecified atom stereocenters. The van der Waals surface area contributed by atoms with Crippen molar-refractivity contribution in [2.45, 2.75) is 38.0 Å². The van der Waals surface area contributed by atoms with Crippen LogP contribution in [-0.2, 0) is 13.2 Å². The Morgan fingerprint density at radius 3 is 1.54 bits per heavy atom. The van der Waals surface area contributed by atoms with Crippen LogP contribution in [0.15, 0.2) is 147 Å². The lowest BCUT2D eigenvalue weighted by Crippen LogP contribution is -1.80. The van der Waals surface area contributed by atoms with E-state index in [1.54, 1.807) is 61.8 Å². The summed E-state index contributed by atoms with van der Waals surface area (Å²) in [5, 5.41) is 19.5. The van der Waals surface area contributed by atoms with Crippen LogP contribution in [-0.4, -0.2) is 25.2 Å². The Balaban J connectivity index is 0.000000168. The number of thiol groups is 1. The molecule has 2 aromatic carbocycles. The molecule has 0 fully saturated rings. The molecular formula is C29H27N3O2S5. The Morgan fingerprint density at radius 1 is 0.538 bits per heavy atom. The van der Waals surface area contributed by atoms with Crippen molar-refractivity contribution in [2.75, 3.05) is 0 Å². The van der Waals surface area contributed by atoms with Gasteiger partial charge in [0.2, 0.25) is 0 Å². The molecule has 39 heavy (non-hydrogen) atoms. The van der Waals surface area contributed by atoms with E-state index in [-0.39, 0.29) is 13.2 Å². The van der Waals surface area contributed by atoms with Gasteiger partial charge in [-0.25, -0.2) is 9.97 Å². The predicted molar refractivity (Wildman–Crippen MR) is 168 cm³/mol. The molecule has 3 aromatic heterocycles. The van der Waals surface area contributed by atoms with Crippen LogP contribution < -0.4 is 0 Å². The monoisotopic (exact) mass is 609 g/mol. The van der Waals surface area contributed by atoms with E-state index in [0.717, 1.165) is 35.9 Å². The zero-order valence-electron chi connectivity index (χ0n) is 20.8. The van der Waals surface area contributed by atoms with Crippen molar-refractivity contribution < 1.29 is 10.2 Å². The first-order valence-electron chi connectivity index (χ1n) is 11.7. The van der Waals surface area contributed by atoms with Gasteiger partial charge in [0.15, 0.2) is 0 Å². The Kier molecular flexibility index (Phi) is 15.0. The molecule has 0 aliphatic rings. The average Bonchev–Trinajstić information content (AvgIpc) is 3.02. The van der Waals surface area contributed by atoms with Crippen molar-refractivity contribution in [3.8, 4) is 0 Å². The molecule has 10 heteroatoms. The van der Waals surface area contributed by atoms with Crippen LogP contribution in [0.2, 0.25) is 0 Å². The Bertz CT molecular complexity index is 1280. The molecule has 0 bridgehead atoms. The van der Waals surface area contributed by atoms with Gasteiger partial charge in [-0.15, -0.1) is 12.6 Å². The lowest BCUT2D eigenvalue weighted by molar-refractivity contribution is 0.281. The highest BCUT2D eigenvalue weighted by Crippen LogP contribution is 2.36. The van der Waals surface area contributed by atoms with Crippen molar-refractivity contribution in [3.05, 3.63) is 133 Å². The van der Waals surface area contributed by atoms with Gasteiger partial charge in [-0.05, 0) is 104 Å². The molecule has 2 N–H and O–H groups in total. The molecule has 3 heterocycles. The van der Waals surface area contributed by atoms with Crippen LogP contribution in [0.1, 0.15) is 11.1 Å². The number of benzene rings is 2. The van der Waals surface area contributed by atoms with E-state index in [1.165, 1.54) is 0 Å². The van der Waals surface area contributed by atoms with Gasteiger partial charge in [0.25, 0.3) is 0 Å². The van der Waals surface area contributed by atoms with Crippen LogP contribution in [0.3, 0.4) is 0 Å². The minimum Gasteiger partial charge on any atom is -0.392 e. The van der Waals surface area contributed by atoms with Gasteiger partial charge >= 0.3 is 0 Å². The first-order valence-corrected chi connectivity index (χ1v) is 16.4. The van der Waals surface area contributed by atoms with Gasteiger partial charge in [-0.2, -0.15) is 0 Å². The molecule has 0 aliphatic carbocycles. The minimum absolute atomic E-state index is 0.0956. The number of aliphatic hydroxyl groups excluding tert-OH is 2. The quantitative estimate of drug-likeness (QED) is 0.119. The van der Waals surface area contributed by atoms with Crippen LogP contribution in [0.25, 0.3) is 0 Å². The number of hydrogen-bond acceptors (Lipinski definition) is 10. The summed E-state index contributed by atoms with van der Waals surface area (Å²) in [7, 11) is 6.60. The summed E-state index contributed by atoms with van der Waals surface area (Å²) in [6.07, 6.45) is 7.21. The first kappa shape index (κ1) is 31.1. The summed E-state index contributed by atoms with van der Waals surface area (Å²) >= 11 is 4.09. The minimum atomic E-state index is 0.0956. The molecule has 0 aliphatic heterocycles. The summed E-state index contributed by atoms with van der Waals surface area (Å²) < 4.78 is 0. The molecule has 200 valence electrons. The van der Waals surface area contributed by atoms with Gasteiger partial charge in [0, 0.05) is 39.5 Å². The predicted octanol–water partition coefficient (Wildman–Crippen LogP) is 8.12. The van der Waals surface area contributed by atoms with Gasteiger partial charge in [-0.1, -0.05) is 47.2 Å². The van der Waals surface area contributed by atoms with E-state index in [9.17, 15) is 0 Å². The number of nitrogens with zero attached hydrogens (tertiary/aromatic N) is 3. The third-order valence-electron chi connectivity index (χ3n) is 4.58. The lowest BCUT2D eigenvalue weighted by atomic mass is 10.2. The molecule has 0 atom stereocenters. The second-order valence-electron chi connectivity index (χ2n) is 7.48. The Labute approximate surface area is 250 Å². The van der Waals surface area contributed by atoms with Crippen molar-refractivity contribution in [3.63, 3.8) is 0 Å². The zero-order valence-corrected chi connectivity index (χ0v) is 24.9. The number of hydrogen-bond donors (Lipinski definition) is 3. The normalized spacial score (nSPS) is 10.0. The molecule has 0 saturated heterocycles. The zero-order chi connectivity index (χ0) is 27.5. The molecule has 0 saturated carbocycles. The topological polar surface area (TPSA) is 79.1 Å². The number of aromatic nitrogens is 3. The van der Waals surface area contributed by atoms with Crippen LogP contribution in [0, 0.1) is 0 Å². The molecule has 0 radical (unpaired) electrons. The maximum atomic E-state index is 8.91. The first-order chi connectivity index (χ1) is 19.2. The molecule has 5 rings (SSSR count). The second-order valence-corrected chi connectivity index (χ2v) is 12.4. The molecule has 5 nitrogen and oxygen atoms in total. The highest BCUT2D eigenvalue weighted by Gasteiger charge is 1.99. The van der Waals surface area contributed by atoms with Crippen LogP contribution >= 0.6 is 55.8 Å². The number of aliphatic hydroxyl groups is 2. The van der Waals surface area contributed by atoms with E-state index in [2.05, 4.69) is 27.6 Å². The average molecular weight is 610 g/mol. The standard InChI is InChI=1S/C12H11NOS2.C10H8N2S2.C7H8OS/c14-9-10-4-6-11(7-5-10)15-16-12-3-1-2-8-13-12;1-2-7-12-10(5-1)14-13-9-4-3-6-11-8-9;8-5-6-1-3-7(9)4-2-6/h1-8,14H,9H2;1-8H;1-4,8-9H,5H2. The Morgan fingerprint density at radius 2 is 1.08 bits per heavy atom. The summed E-state index contributed by atoms with van der Waals surface area (Å²) in [5.41, 5.74) is 1.86. The molecule has 0 amide bonds. The SMILES string of the molecule is OCc1ccc(S)cc1.OCc1ccc(SSc2ccccn2)cc1.c1ccc(SSc2cccnc2)nc1. The van der Waals surface area contributed by atoms with Crippen molar-refractivity contribution in [1.82, 2.24) is 15.0 Å². The second kappa shape index (κ2) is 18.8. The van der Waals surface area contributed by atoms with Gasteiger partial charge in [0.1, 0.15) is 10.1 Å². The summed E-state index contributed by atoms with van der Waals surface area (Å²) in [4.78, 5) is 15.7. The van der Waals surface area contributed by atoms with Crippen LogP contribution in [0.4, 0.5) is 0 Å². The van der Waals surface area contributed by atoms with Crippen LogP contribution in [0.5, 0.6) is 0 Å². The van der Waals surface area contributed by atoms with Gasteiger partial charge in [0.05, 0.1) is 13.2 Å². The van der Waals surface area contributed by atoms with Crippen molar-refractivity contribution >= 4 is 55.8 Å². The third-order valence-corrected chi connectivity index (χ3v) is 9.45. The van der Waals surface area contributed by atoms with Crippen molar-refractivity contribution in [2.24, 2.45) is 0 Å². The largest absolute Gasteiger partial charge is 0.392 e. The fourth-order valence-electron chi connectivity index (χ4n) is 2.62. The van der Waals surface area contributed by atoms with Crippen molar-refractivity contribution in [1.29, 1.82) is 0 Å². The van der Waals surface area contributed by atoms with E-state index in [0.29, 0.717) is 0 Å². The molecule has 0 spiro atoms. The van der Waals surface area contributed by atoms with E-state index in [4.69, 9.17) is 10.2 Å².